The summed E-state index contributed by atoms with van der Waals surface area (Å²) in [6.45, 7) is 4.71. The number of hydrogen-bond acceptors (Lipinski definition) is 3. The lowest BCUT2D eigenvalue weighted by molar-refractivity contribution is -0.211. The molecule has 0 aliphatic carbocycles. The first-order chi connectivity index (χ1) is 5.70. The first-order valence-corrected chi connectivity index (χ1v) is 4.07. The van der Waals surface area contributed by atoms with Gasteiger partial charge in [-0.05, 0) is 19.4 Å². The van der Waals surface area contributed by atoms with Gasteiger partial charge >= 0.3 is 0 Å². The van der Waals surface area contributed by atoms with Gasteiger partial charge in [-0.1, -0.05) is 6.92 Å². The lowest BCUT2D eigenvalue weighted by Crippen LogP contribution is -2.30. The van der Waals surface area contributed by atoms with Crippen LogP contribution in [0.15, 0.2) is 11.6 Å². The molecular weight excluding hydrogens is 154 g/mol. The lowest BCUT2D eigenvalue weighted by atomic mass is 10.2. The van der Waals surface area contributed by atoms with Gasteiger partial charge in [-0.15, -0.1) is 0 Å². The van der Waals surface area contributed by atoms with Crippen molar-refractivity contribution in [2.75, 3.05) is 13.2 Å². The summed E-state index contributed by atoms with van der Waals surface area (Å²) in [6, 6.07) is 2.06. The van der Waals surface area contributed by atoms with E-state index in [-0.39, 0.29) is 0 Å². The Labute approximate surface area is 72.6 Å². The van der Waals surface area contributed by atoms with Crippen LogP contribution in [0.4, 0.5) is 0 Å². The average molecular weight is 167 g/mol. The number of nitriles is 1. The lowest BCUT2D eigenvalue weighted by Gasteiger charge is -2.26. The molecule has 0 spiro atoms. The minimum atomic E-state index is -0.519. The van der Waals surface area contributed by atoms with Gasteiger partial charge in [-0.2, -0.15) is 5.26 Å². The van der Waals surface area contributed by atoms with Gasteiger partial charge in [0.1, 0.15) is 0 Å². The van der Waals surface area contributed by atoms with E-state index in [0.29, 0.717) is 18.8 Å². The van der Waals surface area contributed by atoms with Crippen LogP contribution in [0.3, 0.4) is 0 Å². The predicted molar refractivity (Wildman–Crippen MR) is 44.3 cm³/mol. The molecule has 0 aromatic carbocycles. The minimum Gasteiger partial charge on any atom is -0.346 e. The molecule has 0 amide bonds. The Morgan fingerprint density at radius 2 is 2.42 bits per heavy atom. The number of hydrogen-bond donors (Lipinski definition) is 0. The van der Waals surface area contributed by atoms with Crippen LogP contribution in [0.5, 0.6) is 0 Å². The average Bonchev–Trinajstić information content (AvgIpc) is 2.28. The SMILES string of the molecule is CCC1(C)OCC=C(C#N)CO1. The Morgan fingerprint density at radius 1 is 1.67 bits per heavy atom. The van der Waals surface area contributed by atoms with Crippen LogP contribution in [-0.4, -0.2) is 19.0 Å². The van der Waals surface area contributed by atoms with Crippen molar-refractivity contribution in [1.82, 2.24) is 0 Å². The van der Waals surface area contributed by atoms with Crippen LogP contribution in [0, 0.1) is 11.3 Å². The molecule has 1 aliphatic heterocycles. The molecule has 0 bridgehead atoms. The standard InChI is InChI=1S/C9H13NO2/c1-3-9(2)11-5-4-8(6-10)7-12-9/h4H,3,5,7H2,1-2H3. The first kappa shape index (κ1) is 9.24. The second-order valence-corrected chi connectivity index (χ2v) is 2.93. The van der Waals surface area contributed by atoms with E-state index < -0.39 is 5.79 Å². The second kappa shape index (κ2) is 3.70. The van der Waals surface area contributed by atoms with E-state index in [1.165, 1.54) is 0 Å². The Balaban J connectivity index is 2.60. The van der Waals surface area contributed by atoms with Crippen molar-refractivity contribution in [2.24, 2.45) is 0 Å². The highest BCUT2D eigenvalue weighted by Crippen LogP contribution is 2.20. The summed E-state index contributed by atoms with van der Waals surface area (Å²) in [4.78, 5) is 0. The third-order valence-corrected chi connectivity index (χ3v) is 2.04. The van der Waals surface area contributed by atoms with Crippen molar-refractivity contribution in [3.05, 3.63) is 11.6 Å². The Morgan fingerprint density at radius 3 is 3.00 bits per heavy atom. The fourth-order valence-corrected chi connectivity index (χ4v) is 0.932. The molecule has 1 heterocycles. The van der Waals surface area contributed by atoms with E-state index >= 15 is 0 Å². The number of nitrogens with zero attached hydrogens (tertiary/aromatic N) is 1. The molecule has 66 valence electrons. The zero-order valence-electron chi connectivity index (χ0n) is 7.46. The molecule has 0 saturated carbocycles. The summed E-state index contributed by atoms with van der Waals surface area (Å²) in [5.41, 5.74) is 0.646. The van der Waals surface area contributed by atoms with Crippen molar-refractivity contribution < 1.29 is 9.47 Å². The Kier molecular flexibility index (Phi) is 2.85. The van der Waals surface area contributed by atoms with Crippen LogP contribution < -0.4 is 0 Å². The van der Waals surface area contributed by atoms with Crippen molar-refractivity contribution in [1.29, 1.82) is 5.26 Å². The van der Waals surface area contributed by atoms with Crippen molar-refractivity contribution in [3.8, 4) is 6.07 Å². The highest BCUT2D eigenvalue weighted by molar-refractivity contribution is 5.21. The summed E-state index contributed by atoms with van der Waals surface area (Å²) in [6.07, 6.45) is 2.56. The van der Waals surface area contributed by atoms with Gasteiger partial charge in [-0.3, -0.25) is 0 Å². The smallest absolute Gasteiger partial charge is 0.166 e. The fraction of sp³-hybridized carbons (Fsp3) is 0.667. The molecule has 0 fully saturated rings. The maximum atomic E-state index is 8.61. The first-order valence-electron chi connectivity index (χ1n) is 4.07. The van der Waals surface area contributed by atoms with Gasteiger partial charge in [0.05, 0.1) is 24.9 Å². The van der Waals surface area contributed by atoms with E-state index in [9.17, 15) is 0 Å². The zero-order chi connectivity index (χ0) is 9.03. The molecule has 1 unspecified atom stereocenters. The van der Waals surface area contributed by atoms with Crippen LogP contribution in [0.1, 0.15) is 20.3 Å². The molecule has 0 radical (unpaired) electrons. The maximum absolute atomic E-state index is 8.61. The van der Waals surface area contributed by atoms with E-state index in [0.717, 1.165) is 6.42 Å². The van der Waals surface area contributed by atoms with E-state index in [1.54, 1.807) is 6.08 Å². The van der Waals surface area contributed by atoms with Gasteiger partial charge in [0.2, 0.25) is 0 Å². The predicted octanol–water partition coefficient (Wildman–Crippen LogP) is 1.61. The molecule has 0 N–H and O–H groups in total. The van der Waals surface area contributed by atoms with Crippen LogP contribution in [0.25, 0.3) is 0 Å². The minimum absolute atomic E-state index is 0.362. The quantitative estimate of drug-likeness (QED) is 0.595. The van der Waals surface area contributed by atoms with Gasteiger partial charge in [0, 0.05) is 0 Å². The third-order valence-electron chi connectivity index (χ3n) is 2.04. The molecule has 0 saturated heterocycles. The highest BCUT2D eigenvalue weighted by Gasteiger charge is 2.25. The second-order valence-electron chi connectivity index (χ2n) is 2.93. The van der Waals surface area contributed by atoms with Crippen molar-refractivity contribution in [2.45, 2.75) is 26.1 Å². The molecule has 0 aromatic rings. The molecule has 12 heavy (non-hydrogen) atoms. The summed E-state index contributed by atoms with van der Waals surface area (Å²) >= 11 is 0. The van der Waals surface area contributed by atoms with Gasteiger partial charge in [0.25, 0.3) is 0 Å². The molecule has 1 rings (SSSR count). The number of ether oxygens (including phenoxy) is 2. The molecule has 0 aromatic heterocycles. The zero-order valence-corrected chi connectivity index (χ0v) is 7.46. The summed E-state index contributed by atoms with van der Waals surface area (Å²) in [7, 11) is 0. The summed E-state index contributed by atoms with van der Waals surface area (Å²) in [5.74, 6) is -0.519. The summed E-state index contributed by atoms with van der Waals surface area (Å²) in [5, 5.41) is 8.61. The molecule has 1 atom stereocenters. The van der Waals surface area contributed by atoms with Gasteiger partial charge < -0.3 is 9.47 Å². The highest BCUT2D eigenvalue weighted by atomic mass is 16.7. The largest absolute Gasteiger partial charge is 0.346 e. The van der Waals surface area contributed by atoms with E-state index in [4.69, 9.17) is 14.7 Å². The molecule has 3 nitrogen and oxygen atoms in total. The van der Waals surface area contributed by atoms with Crippen LogP contribution >= 0.6 is 0 Å². The Bertz CT molecular complexity index is 229. The Hall–Kier alpha value is -0.850. The van der Waals surface area contributed by atoms with Gasteiger partial charge in [-0.25, -0.2) is 0 Å². The molecule has 1 aliphatic rings. The van der Waals surface area contributed by atoms with Crippen molar-refractivity contribution in [3.63, 3.8) is 0 Å². The summed E-state index contributed by atoms with van der Waals surface area (Å²) < 4.78 is 10.9. The maximum Gasteiger partial charge on any atom is 0.166 e. The molecular formula is C9H13NO2. The molecule has 3 heteroatoms. The van der Waals surface area contributed by atoms with Crippen LogP contribution in [-0.2, 0) is 9.47 Å². The monoisotopic (exact) mass is 167 g/mol. The topological polar surface area (TPSA) is 42.2 Å². The third kappa shape index (κ3) is 2.07. The fourth-order valence-electron chi connectivity index (χ4n) is 0.932. The van der Waals surface area contributed by atoms with E-state index in [2.05, 4.69) is 6.07 Å². The van der Waals surface area contributed by atoms with Crippen molar-refractivity contribution >= 4 is 0 Å². The normalized spacial score (nSPS) is 30.2. The number of rotatable bonds is 1. The van der Waals surface area contributed by atoms with Gasteiger partial charge in [0.15, 0.2) is 5.79 Å². The van der Waals surface area contributed by atoms with E-state index in [1.807, 2.05) is 13.8 Å². The van der Waals surface area contributed by atoms with Crippen LogP contribution in [0.2, 0.25) is 0 Å².